The maximum absolute atomic E-state index is 12.7. The topological polar surface area (TPSA) is 79.0 Å². The Balaban J connectivity index is 1.47. The molecule has 1 aromatic rings. The second kappa shape index (κ2) is 8.67. The predicted octanol–water partition coefficient (Wildman–Crippen LogP) is 0.941. The van der Waals surface area contributed by atoms with E-state index >= 15 is 0 Å². The van der Waals surface area contributed by atoms with Crippen molar-refractivity contribution in [2.75, 3.05) is 45.9 Å². The summed E-state index contributed by atoms with van der Waals surface area (Å²) < 4.78 is 32.3. The third kappa shape index (κ3) is 4.95. The van der Waals surface area contributed by atoms with Crippen molar-refractivity contribution in [3.05, 3.63) is 29.3 Å². The van der Waals surface area contributed by atoms with Crippen LogP contribution in [0.15, 0.2) is 29.2 Å². The lowest BCUT2D eigenvalue weighted by Crippen LogP contribution is -2.51. The Hall–Kier alpha value is -1.19. The summed E-state index contributed by atoms with van der Waals surface area (Å²) in [4.78, 5) is 14.2. The van der Waals surface area contributed by atoms with Crippen LogP contribution in [-0.2, 0) is 19.6 Å². The first kappa shape index (κ1) is 19.6. The summed E-state index contributed by atoms with van der Waals surface area (Å²) in [5.74, 6) is -0.0494. The van der Waals surface area contributed by atoms with Gasteiger partial charge in [-0.25, -0.2) is 8.42 Å². The third-order valence-corrected chi connectivity index (χ3v) is 6.81. The third-order valence-electron chi connectivity index (χ3n) is 4.68. The van der Waals surface area contributed by atoms with E-state index in [1.54, 1.807) is 18.2 Å². The van der Waals surface area contributed by atoms with E-state index in [0.717, 1.165) is 19.4 Å². The maximum atomic E-state index is 12.7. The second-order valence-electron chi connectivity index (χ2n) is 6.58. The fourth-order valence-electron chi connectivity index (χ4n) is 3.20. The van der Waals surface area contributed by atoms with Gasteiger partial charge in [0.25, 0.3) is 0 Å². The molecule has 3 rings (SSSR count). The van der Waals surface area contributed by atoms with Gasteiger partial charge in [0.2, 0.25) is 15.9 Å². The minimum absolute atomic E-state index is 0.0494. The Morgan fingerprint density at radius 3 is 2.69 bits per heavy atom. The first-order valence-corrected chi connectivity index (χ1v) is 10.6. The minimum Gasteiger partial charge on any atom is -0.376 e. The lowest BCUT2D eigenvalue weighted by Gasteiger charge is -2.33. The monoisotopic (exact) mass is 401 g/mol. The molecule has 1 N–H and O–H groups in total. The van der Waals surface area contributed by atoms with Crippen molar-refractivity contribution < 1.29 is 17.9 Å². The SMILES string of the molecule is O=C(CN1CCN(S(=O)(=O)c2cccc(Cl)c2)CC1)NC[C@@H]1CCCO1. The van der Waals surface area contributed by atoms with Gasteiger partial charge >= 0.3 is 0 Å². The molecule has 0 radical (unpaired) electrons. The molecule has 0 aromatic heterocycles. The van der Waals surface area contributed by atoms with Gasteiger partial charge < -0.3 is 10.1 Å². The quantitative estimate of drug-likeness (QED) is 0.767. The molecule has 0 saturated carbocycles. The summed E-state index contributed by atoms with van der Waals surface area (Å²) in [5, 5.41) is 3.29. The molecule has 0 bridgehead atoms. The van der Waals surface area contributed by atoms with Gasteiger partial charge in [-0.3, -0.25) is 9.69 Å². The Labute approximate surface area is 159 Å². The number of ether oxygens (including phenoxy) is 1. The van der Waals surface area contributed by atoms with Crippen molar-refractivity contribution in [2.24, 2.45) is 0 Å². The number of hydrogen-bond acceptors (Lipinski definition) is 5. The van der Waals surface area contributed by atoms with Crippen molar-refractivity contribution >= 4 is 27.5 Å². The van der Waals surface area contributed by atoms with Gasteiger partial charge in [0.15, 0.2) is 0 Å². The molecule has 1 aromatic carbocycles. The van der Waals surface area contributed by atoms with Crippen molar-refractivity contribution in [1.82, 2.24) is 14.5 Å². The zero-order chi connectivity index (χ0) is 18.6. The summed E-state index contributed by atoms with van der Waals surface area (Å²) in [6, 6.07) is 6.28. The van der Waals surface area contributed by atoms with E-state index in [0.29, 0.717) is 37.7 Å². The molecule has 7 nitrogen and oxygen atoms in total. The molecule has 0 unspecified atom stereocenters. The number of rotatable bonds is 6. The van der Waals surface area contributed by atoms with Crippen molar-refractivity contribution in [2.45, 2.75) is 23.8 Å². The fourth-order valence-corrected chi connectivity index (χ4v) is 4.92. The molecule has 2 aliphatic rings. The smallest absolute Gasteiger partial charge is 0.243 e. The average Bonchev–Trinajstić information content (AvgIpc) is 3.14. The van der Waals surface area contributed by atoms with Crippen LogP contribution in [0.25, 0.3) is 0 Å². The highest BCUT2D eigenvalue weighted by molar-refractivity contribution is 7.89. The van der Waals surface area contributed by atoms with Crippen molar-refractivity contribution in [3.8, 4) is 0 Å². The Morgan fingerprint density at radius 2 is 2.04 bits per heavy atom. The highest BCUT2D eigenvalue weighted by Gasteiger charge is 2.29. The molecule has 2 fully saturated rings. The highest BCUT2D eigenvalue weighted by atomic mass is 35.5. The molecule has 144 valence electrons. The largest absolute Gasteiger partial charge is 0.376 e. The Kier molecular flexibility index (Phi) is 6.52. The normalized spacial score (nSPS) is 22.4. The average molecular weight is 402 g/mol. The van der Waals surface area contributed by atoms with Gasteiger partial charge in [-0.15, -0.1) is 0 Å². The number of carbonyl (C=O) groups is 1. The molecular weight excluding hydrogens is 378 g/mol. The Bertz CT molecular complexity index is 729. The number of halogens is 1. The molecule has 2 aliphatic heterocycles. The van der Waals surface area contributed by atoms with E-state index in [4.69, 9.17) is 16.3 Å². The summed E-state index contributed by atoms with van der Waals surface area (Å²) in [6.07, 6.45) is 2.16. The molecule has 1 atom stereocenters. The molecular formula is C17H24ClN3O4S. The zero-order valence-corrected chi connectivity index (χ0v) is 16.1. The molecule has 9 heteroatoms. The van der Waals surface area contributed by atoms with Gasteiger partial charge in [-0.05, 0) is 31.0 Å². The van der Waals surface area contributed by atoms with E-state index < -0.39 is 10.0 Å². The number of carbonyl (C=O) groups excluding carboxylic acids is 1. The standard InChI is InChI=1S/C17H24ClN3O4S/c18-14-3-1-5-16(11-14)26(23,24)21-8-6-20(7-9-21)13-17(22)19-12-15-4-2-10-25-15/h1,3,5,11,15H,2,4,6-10,12-13H2,(H,19,22)/t15-/m0/s1. The van der Waals surface area contributed by atoms with Crippen LogP contribution < -0.4 is 5.32 Å². The highest BCUT2D eigenvalue weighted by Crippen LogP contribution is 2.20. The number of piperazine rings is 1. The number of nitrogens with zero attached hydrogens (tertiary/aromatic N) is 2. The van der Waals surface area contributed by atoms with Crippen LogP contribution in [0.3, 0.4) is 0 Å². The summed E-state index contributed by atoms with van der Waals surface area (Å²) >= 11 is 5.90. The number of amides is 1. The lowest BCUT2D eigenvalue weighted by molar-refractivity contribution is -0.123. The van der Waals surface area contributed by atoms with Gasteiger partial charge in [0.05, 0.1) is 17.5 Å². The summed E-state index contributed by atoms with van der Waals surface area (Å²) in [6.45, 7) is 3.34. The van der Waals surface area contributed by atoms with Crippen LogP contribution in [0.4, 0.5) is 0 Å². The van der Waals surface area contributed by atoms with Gasteiger partial charge in [-0.2, -0.15) is 4.31 Å². The van der Waals surface area contributed by atoms with E-state index in [9.17, 15) is 13.2 Å². The van der Waals surface area contributed by atoms with Crippen LogP contribution in [0.1, 0.15) is 12.8 Å². The molecule has 0 spiro atoms. The van der Waals surface area contributed by atoms with Crippen LogP contribution >= 0.6 is 11.6 Å². The molecule has 2 heterocycles. The number of sulfonamides is 1. The summed E-state index contributed by atoms with van der Waals surface area (Å²) in [5.41, 5.74) is 0. The zero-order valence-electron chi connectivity index (χ0n) is 14.6. The van der Waals surface area contributed by atoms with Crippen LogP contribution in [0, 0.1) is 0 Å². The van der Waals surface area contributed by atoms with Crippen molar-refractivity contribution in [3.63, 3.8) is 0 Å². The fraction of sp³-hybridized carbons (Fsp3) is 0.588. The Morgan fingerprint density at radius 1 is 1.27 bits per heavy atom. The van der Waals surface area contributed by atoms with Crippen LogP contribution in [0.2, 0.25) is 5.02 Å². The van der Waals surface area contributed by atoms with Gasteiger partial charge in [-0.1, -0.05) is 17.7 Å². The van der Waals surface area contributed by atoms with E-state index in [2.05, 4.69) is 5.32 Å². The molecule has 2 saturated heterocycles. The van der Waals surface area contributed by atoms with E-state index in [1.807, 2.05) is 4.90 Å². The first-order valence-electron chi connectivity index (χ1n) is 8.81. The molecule has 26 heavy (non-hydrogen) atoms. The molecule has 1 amide bonds. The van der Waals surface area contributed by atoms with Crippen LogP contribution in [0.5, 0.6) is 0 Å². The minimum atomic E-state index is -3.55. The van der Waals surface area contributed by atoms with E-state index in [-0.39, 0.29) is 23.5 Å². The van der Waals surface area contributed by atoms with Crippen LogP contribution in [-0.4, -0.2) is 75.5 Å². The summed E-state index contributed by atoms with van der Waals surface area (Å²) in [7, 11) is -3.55. The lowest BCUT2D eigenvalue weighted by atomic mass is 10.2. The van der Waals surface area contributed by atoms with E-state index in [1.165, 1.54) is 10.4 Å². The van der Waals surface area contributed by atoms with Crippen molar-refractivity contribution in [1.29, 1.82) is 0 Å². The predicted molar refractivity (Wildman–Crippen MR) is 98.6 cm³/mol. The van der Waals surface area contributed by atoms with Gasteiger partial charge in [0, 0.05) is 44.4 Å². The first-order chi connectivity index (χ1) is 12.4. The second-order valence-corrected chi connectivity index (χ2v) is 8.95. The number of hydrogen-bond donors (Lipinski definition) is 1. The molecule has 0 aliphatic carbocycles. The van der Waals surface area contributed by atoms with Gasteiger partial charge in [0.1, 0.15) is 0 Å². The number of nitrogens with one attached hydrogen (secondary N) is 1. The number of benzene rings is 1. The maximum Gasteiger partial charge on any atom is 0.243 e.